The molecule has 0 heterocycles. The van der Waals surface area contributed by atoms with Crippen molar-refractivity contribution in [1.82, 2.24) is 0 Å². The Morgan fingerprint density at radius 3 is 0.899 bits per heavy atom. The van der Waals surface area contributed by atoms with Gasteiger partial charge >= 0.3 is 17.9 Å². The summed E-state index contributed by atoms with van der Waals surface area (Å²) in [5.74, 6) is -0.893. The van der Waals surface area contributed by atoms with Crippen LogP contribution in [0, 0.1) is 0 Å². The van der Waals surface area contributed by atoms with E-state index in [1.807, 2.05) is 0 Å². The van der Waals surface area contributed by atoms with Gasteiger partial charge in [-0.05, 0) is 83.5 Å². The van der Waals surface area contributed by atoms with E-state index in [2.05, 4.69) is 81.5 Å². The van der Waals surface area contributed by atoms with Gasteiger partial charge in [0, 0.05) is 19.3 Å². The molecular weight excluding hydrogens is 853 g/mol. The molecule has 0 rings (SSSR count). The van der Waals surface area contributed by atoms with Crippen LogP contribution in [0.5, 0.6) is 0 Å². The fraction of sp³-hybridized carbons (Fsp3) is 0.794. The zero-order chi connectivity index (χ0) is 50.0. The van der Waals surface area contributed by atoms with Crippen LogP contribution in [0.15, 0.2) is 60.8 Å². The van der Waals surface area contributed by atoms with Crippen LogP contribution in [0.1, 0.15) is 303 Å². The number of hydrogen-bond donors (Lipinski definition) is 0. The minimum Gasteiger partial charge on any atom is -0.462 e. The van der Waals surface area contributed by atoms with Crippen LogP contribution in [0.25, 0.3) is 0 Å². The second-order valence-corrected chi connectivity index (χ2v) is 19.9. The van der Waals surface area contributed by atoms with Gasteiger partial charge in [0.15, 0.2) is 6.10 Å². The quantitative estimate of drug-likeness (QED) is 0.0262. The monoisotopic (exact) mass is 965 g/mol. The molecule has 0 bridgehead atoms. The molecule has 0 aromatic rings. The highest BCUT2D eigenvalue weighted by atomic mass is 16.6. The second-order valence-electron chi connectivity index (χ2n) is 19.9. The van der Waals surface area contributed by atoms with Crippen LogP contribution in [-0.4, -0.2) is 37.2 Å². The highest BCUT2D eigenvalue weighted by Crippen LogP contribution is 2.16. The summed E-state index contributed by atoms with van der Waals surface area (Å²) in [5, 5.41) is 0. The van der Waals surface area contributed by atoms with Crippen LogP contribution in [-0.2, 0) is 28.6 Å². The number of carbonyl (C=O) groups is 3. The number of ether oxygens (including phenoxy) is 3. The van der Waals surface area contributed by atoms with E-state index in [1.54, 1.807) is 0 Å². The van der Waals surface area contributed by atoms with Crippen molar-refractivity contribution >= 4 is 17.9 Å². The molecule has 0 fully saturated rings. The van der Waals surface area contributed by atoms with E-state index in [0.717, 1.165) is 96.3 Å². The molecule has 0 aliphatic rings. The Balaban J connectivity index is 4.39. The Bertz CT molecular complexity index is 1250. The van der Waals surface area contributed by atoms with E-state index in [0.29, 0.717) is 19.3 Å². The predicted octanol–water partition coefficient (Wildman–Crippen LogP) is 20.0. The maximum atomic E-state index is 12.9. The number of rotatable bonds is 54. The highest BCUT2D eigenvalue weighted by molar-refractivity contribution is 5.71. The summed E-state index contributed by atoms with van der Waals surface area (Å²) >= 11 is 0. The molecule has 0 spiro atoms. The molecule has 0 N–H and O–H groups in total. The molecule has 0 saturated heterocycles. The maximum absolute atomic E-state index is 12.9. The molecule has 0 saturated carbocycles. The van der Waals surface area contributed by atoms with E-state index >= 15 is 0 Å². The first kappa shape index (κ1) is 66.1. The summed E-state index contributed by atoms with van der Waals surface area (Å²) in [6.07, 6.45) is 72.1. The maximum Gasteiger partial charge on any atom is 0.306 e. The molecule has 0 aromatic carbocycles. The average molecular weight is 966 g/mol. The van der Waals surface area contributed by atoms with Crippen LogP contribution in [0.4, 0.5) is 0 Å². The minimum absolute atomic E-state index is 0.0819. The van der Waals surface area contributed by atoms with Gasteiger partial charge < -0.3 is 14.2 Å². The van der Waals surface area contributed by atoms with E-state index in [-0.39, 0.29) is 31.1 Å². The number of carbonyl (C=O) groups excluding carboxylic acids is 3. The van der Waals surface area contributed by atoms with Gasteiger partial charge in [-0.1, -0.05) is 261 Å². The van der Waals surface area contributed by atoms with E-state index in [9.17, 15) is 14.4 Å². The summed E-state index contributed by atoms with van der Waals surface area (Å²) in [4.78, 5) is 38.2. The lowest BCUT2D eigenvalue weighted by molar-refractivity contribution is -0.167. The van der Waals surface area contributed by atoms with E-state index in [4.69, 9.17) is 14.2 Å². The first-order chi connectivity index (χ1) is 34.0. The first-order valence-electron chi connectivity index (χ1n) is 29.8. The second kappa shape index (κ2) is 57.7. The summed E-state index contributed by atoms with van der Waals surface area (Å²) in [5.41, 5.74) is 0. The molecule has 0 aromatic heterocycles. The molecule has 0 radical (unpaired) electrons. The van der Waals surface area contributed by atoms with E-state index in [1.165, 1.54) is 167 Å². The Hall–Kier alpha value is -2.89. The summed E-state index contributed by atoms with van der Waals surface area (Å²) in [6.45, 7) is 6.54. The van der Waals surface area contributed by atoms with Gasteiger partial charge in [-0.25, -0.2) is 0 Å². The van der Waals surface area contributed by atoms with Crippen LogP contribution < -0.4 is 0 Å². The van der Waals surface area contributed by atoms with Crippen molar-refractivity contribution in [2.45, 2.75) is 309 Å². The zero-order valence-electron chi connectivity index (χ0n) is 45.8. The molecule has 0 aliphatic heterocycles. The number of allylic oxidation sites excluding steroid dienone is 10. The van der Waals surface area contributed by atoms with Crippen LogP contribution in [0.2, 0.25) is 0 Å². The lowest BCUT2D eigenvalue weighted by Crippen LogP contribution is -2.30. The fourth-order valence-corrected chi connectivity index (χ4v) is 8.55. The molecule has 6 heteroatoms. The third-order valence-electron chi connectivity index (χ3n) is 13.0. The summed E-state index contributed by atoms with van der Waals surface area (Å²) < 4.78 is 16.9. The first-order valence-corrected chi connectivity index (χ1v) is 29.8. The van der Waals surface area contributed by atoms with Crippen molar-refractivity contribution in [2.75, 3.05) is 13.2 Å². The van der Waals surface area contributed by atoms with Crippen molar-refractivity contribution in [1.29, 1.82) is 0 Å². The van der Waals surface area contributed by atoms with Gasteiger partial charge in [0.05, 0.1) is 0 Å². The highest BCUT2D eigenvalue weighted by Gasteiger charge is 2.19. The number of esters is 3. The summed E-state index contributed by atoms with van der Waals surface area (Å²) in [6, 6.07) is 0. The lowest BCUT2D eigenvalue weighted by atomic mass is 10.0. The van der Waals surface area contributed by atoms with Crippen molar-refractivity contribution in [2.24, 2.45) is 0 Å². The van der Waals surface area contributed by atoms with Crippen molar-refractivity contribution < 1.29 is 28.6 Å². The minimum atomic E-state index is -0.786. The van der Waals surface area contributed by atoms with Gasteiger partial charge in [0.1, 0.15) is 13.2 Å². The molecular formula is C63H112O6. The van der Waals surface area contributed by atoms with Crippen molar-refractivity contribution in [3.63, 3.8) is 0 Å². The molecule has 69 heavy (non-hydrogen) atoms. The third-order valence-corrected chi connectivity index (χ3v) is 13.0. The number of unbranched alkanes of at least 4 members (excludes halogenated alkanes) is 33. The van der Waals surface area contributed by atoms with Crippen molar-refractivity contribution in [3.05, 3.63) is 60.8 Å². The Morgan fingerprint density at radius 1 is 0.304 bits per heavy atom. The predicted molar refractivity (Wildman–Crippen MR) is 298 cm³/mol. The molecule has 6 nitrogen and oxygen atoms in total. The molecule has 400 valence electrons. The largest absolute Gasteiger partial charge is 0.462 e. The smallest absolute Gasteiger partial charge is 0.306 e. The SMILES string of the molecule is CC/C=C\C/C=C\C/C=C\C/C=C\CCCCCCC(=O)O[C@H](COC(=O)CCCCCCCCCCC/C=C\CCCCCCCC)COC(=O)CCCCCCCCCCCCCCCCC. The summed E-state index contributed by atoms with van der Waals surface area (Å²) in [7, 11) is 0. The molecule has 0 unspecified atom stereocenters. The van der Waals surface area contributed by atoms with Gasteiger partial charge in [-0.15, -0.1) is 0 Å². The zero-order valence-corrected chi connectivity index (χ0v) is 45.8. The van der Waals surface area contributed by atoms with Crippen LogP contribution in [0.3, 0.4) is 0 Å². The molecule has 1 atom stereocenters. The third kappa shape index (κ3) is 55.9. The van der Waals surface area contributed by atoms with Gasteiger partial charge in [-0.3, -0.25) is 14.4 Å². The normalized spacial score (nSPS) is 12.4. The number of hydrogen-bond acceptors (Lipinski definition) is 6. The fourth-order valence-electron chi connectivity index (χ4n) is 8.55. The van der Waals surface area contributed by atoms with Gasteiger partial charge in [-0.2, -0.15) is 0 Å². The Kier molecular flexibility index (Phi) is 55.3. The van der Waals surface area contributed by atoms with Gasteiger partial charge in [0.25, 0.3) is 0 Å². The molecule has 0 aliphatic carbocycles. The van der Waals surface area contributed by atoms with E-state index < -0.39 is 6.10 Å². The van der Waals surface area contributed by atoms with Crippen molar-refractivity contribution in [3.8, 4) is 0 Å². The Labute approximate surface area is 428 Å². The van der Waals surface area contributed by atoms with Crippen LogP contribution >= 0.6 is 0 Å². The molecule has 0 amide bonds. The standard InChI is InChI=1S/C63H112O6/c1-4-7-10-13-16-19-22-25-28-30-31-33-35-38-41-44-47-50-53-56-62(65)68-59-60(58-67-61(64)55-52-49-46-43-40-37-34-27-24-21-18-15-12-9-6-3)69-63(66)57-54-51-48-45-42-39-36-32-29-26-23-20-17-14-11-8-5-2/h8,11,17,20,25-26,28-29,36,39,60H,4-7,9-10,12-16,18-19,21-24,27,30-35,37-38,40-59H2,1-3H3/b11-8-,20-17-,28-25-,29-26-,39-36-/t60-/m0/s1. The topological polar surface area (TPSA) is 78.9 Å². The Morgan fingerprint density at radius 2 is 0.565 bits per heavy atom. The average Bonchev–Trinajstić information content (AvgIpc) is 3.35. The van der Waals surface area contributed by atoms with Gasteiger partial charge in [0.2, 0.25) is 0 Å². The lowest BCUT2D eigenvalue weighted by Gasteiger charge is -2.18.